The Bertz CT molecular complexity index is 1070. The second kappa shape index (κ2) is 8.47. The molecule has 0 saturated carbocycles. The van der Waals surface area contributed by atoms with Crippen LogP contribution in [0.2, 0.25) is 0 Å². The standard InChI is InChI=1S/C21H21N3O4/c1-14-6-5-7-15(2)20(14)23-18(25)12-28-19(26)10-11-24-13-22-17-9-4-3-8-16(17)21(24)27/h3-9,13H,10-12H2,1-2H3,(H,23,25). The summed E-state index contributed by atoms with van der Waals surface area (Å²) in [5.74, 6) is -0.966. The predicted molar refractivity (Wildman–Crippen MR) is 106 cm³/mol. The zero-order chi connectivity index (χ0) is 20.1. The fraction of sp³-hybridized carbons (Fsp3) is 0.238. The maximum Gasteiger partial charge on any atom is 0.308 e. The molecule has 1 N–H and O–H groups in total. The largest absolute Gasteiger partial charge is 0.456 e. The number of nitrogens with one attached hydrogen (secondary N) is 1. The van der Waals surface area contributed by atoms with Gasteiger partial charge in [-0.2, -0.15) is 0 Å². The lowest BCUT2D eigenvalue weighted by atomic mass is 10.1. The van der Waals surface area contributed by atoms with Crippen molar-refractivity contribution in [3.63, 3.8) is 0 Å². The van der Waals surface area contributed by atoms with Crippen LogP contribution in [0.1, 0.15) is 17.5 Å². The first-order chi connectivity index (χ1) is 13.5. The number of carbonyl (C=O) groups excluding carboxylic acids is 2. The summed E-state index contributed by atoms with van der Waals surface area (Å²) in [5, 5.41) is 3.25. The van der Waals surface area contributed by atoms with Crippen molar-refractivity contribution in [3.8, 4) is 0 Å². The smallest absolute Gasteiger partial charge is 0.308 e. The summed E-state index contributed by atoms with van der Waals surface area (Å²) in [6, 6.07) is 12.7. The molecule has 0 saturated heterocycles. The molecule has 0 aliphatic rings. The third-order valence-corrected chi connectivity index (χ3v) is 4.40. The number of rotatable bonds is 6. The van der Waals surface area contributed by atoms with Crippen LogP contribution in [0.15, 0.2) is 53.6 Å². The Morgan fingerprint density at radius 2 is 1.79 bits per heavy atom. The highest BCUT2D eigenvalue weighted by Gasteiger charge is 2.11. The third-order valence-electron chi connectivity index (χ3n) is 4.40. The molecule has 28 heavy (non-hydrogen) atoms. The summed E-state index contributed by atoms with van der Waals surface area (Å²) < 4.78 is 6.38. The topological polar surface area (TPSA) is 90.3 Å². The second-order valence-electron chi connectivity index (χ2n) is 6.49. The van der Waals surface area contributed by atoms with E-state index < -0.39 is 11.9 Å². The number of para-hydroxylation sites is 2. The zero-order valence-electron chi connectivity index (χ0n) is 15.8. The number of fused-ring (bicyclic) bond motifs is 1. The van der Waals surface area contributed by atoms with E-state index in [0.717, 1.165) is 16.8 Å². The van der Waals surface area contributed by atoms with Gasteiger partial charge < -0.3 is 10.1 Å². The number of ether oxygens (including phenoxy) is 1. The predicted octanol–water partition coefficient (Wildman–Crippen LogP) is 2.59. The van der Waals surface area contributed by atoms with Gasteiger partial charge in [0.2, 0.25) is 0 Å². The number of carbonyl (C=O) groups is 2. The molecule has 144 valence electrons. The molecule has 1 aromatic heterocycles. The van der Waals surface area contributed by atoms with Crippen molar-refractivity contribution in [2.24, 2.45) is 0 Å². The highest BCUT2D eigenvalue weighted by atomic mass is 16.5. The van der Waals surface area contributed by atoms with Gasteiger partial charge in [0.15, 0.2) is 6.61 Å². The maximum absolute atomic E-state index is 12.4. The molecule has 0 aliphatic carbocycles. The van der Waals surface area contributed by atoms with Gasteiger partial charge in [0.05, 0.1) is 23.7 Å². The summed E-state index contributed by atoms with van der Waals surface area (Å²) in [7, 11) is 0. The number of esters is 1. The van der Waals surface area contributed by atoms with Gasteiger partial charge in [-0.3, -0.25) is 19.0 Å². The van der Waals surface area contributed by atoms with Crippen LogP contribution in [-0.2, 0) is 20.9 Å². The van der Waals surface area contributed by atoms with E-state index in [9.17, 15) is 14.4 Å². The number of hydrogen-bond acceptors (Lipinski definition) is 5. The summed E-state index contributed by atoms with van der Waals surface area (Å²) >= 11 is 0. The molecule has 0 spiro atoms. The van der Waals surface area contributed by atoms with Gasteiger partial charge >= 0.3 is 5.97 Å². The van der Waals surface area contributed by atoms with E-state index in [-0.39, 0.29) is 25.1 Å². The number of benzene rings is 2. The quantitative estimate of drug-likeness (QED) is 0.665. The normalized spacial score (nSPS) is 10.6. The van der Waals surface area contributed by atoms with Gasteiger partial charge in [0, 0.05) is 12.2 Å². The summed E-state index contributed by atoms with van der Waals surface area (Å²) in [6.07, 6.45) is 1.38. The average molecular weight is 379 g/mol. The van der Waals surface area contributed by atoms with Crippen LogP contribution in [0.4, 0.5) is 5.69 Å². The minimum atomic E-state index is -0.559. The minimum Gasteiger partial charge on any atom is -0.456 e. The van der Waals surface area contributed by atoms with Crippen molar-refractivity contribution in [1.82, 2.24) is 9.55 Å². The van der Waals surface area contributed by atoms with Crippen molar-refractivity contribution in [2.45, 2.75) is 26.8 Å². The zero-order valence-corrected chi connectivity index (χ0v) is 15.8. The number of aryl methyl sites for hydroxylation is 3. The molecule has 3 rings (SSSR count). The first-order valence-electron chi connectivity index (χ1n) is 8.91. The Balaban J connectivity index is 1.53. The molecule has 7 nitrogen and oxygen atoms in total. The van der Waals surface area contributed by atoms with Crippen LogP contribution in [0, 0.1) is 13.8 Å². The first kappa shape index (κ1) is 19.3. The van der Waals surface area contributed by atoms with Gasteiger partial charge in [0.1, 0.15) is 0 Å². The molecular weight excluding hydrogens is 358 g/mol. The number of aromatic nitrogens is 2. The van der Waals surface area contributed by atoms with Crippen LogP contribution in [0.25, 0.3) is 10.9 Å². The van der Waals surface area contributed by atoms with Crippen LogP contribution >= 0.6 is 0 Å². The molecule has 3 aromatic rings. The molecule has 1 amide bonds. The highest BCUT2D eigenvalue weighted by Crippen LogP contribution is 2.19. The highest BCUT2D eigenvalue weighted by molar-refractivity contribution is 5.94. The lowest BCUT2D eigenvalue weighted by Crippen LogP contribution is -2.24. The van der Waals surface area contributed by atoms with E-state index in [1.54, 1.807) is 24.3 Å². The van der Waals surface area contributed by atoms with Gasteiger partial charge in [-0.05, 0) is 37.1 Å². The summed E-state index contributed by atoms with van der Waals surface area (Å²) in [6.45, 7) is 3.54. The van der Waals surface area contributed by atoms with Crippen molar-refractivity contribution in [2.75, 3.05) is 11.9 Å². The Labute approximate surface area is 162 Å². The number of amides is 1. The lowest BCUT2D eigenvalue weighted by molar-refractivity contribution is -0.147. The number of anilines is 1. The van der Waals surface area contributed by atoms with Gasteiger partial charge in [-0.25, -0.2) is 4.98 Å². The third kappa shape index (κ3) is 4.43. The molecule has 1 heterocycles. The molecule has 0 unspecified atom stereocenters. The van der Waals surface area contributed by atoms with Crippen molar-refractivity contribution in [3.05, 3.63) is 70.3 Å². The number of hydrogen-bond donors (Lipinski definition) is 1. The van der Waals surface area contributed by atoms with Crippen LogP contribution in [-0.4, -0.2) is 28.0 Å². The Morgan fingerprint density at radius 3 is 2.54 bits per heavy atom. The van der Waals surface area contributed by atoms with Crippen molar-refractivity contribution < 1.29 is 14.3 Å². The van der Waals surface area contributed by atoms with E-state index in [1.807, 2.05) is 32.0 Å². The summed E-state index contributed by atoms with van der Waals surface area (Å²) in [4.78, 5) is 40.6. The Kier molecular flexibility index (Phi) is 5.84. The maximum atomic E-state index is 12.4. The van der Waals surface area contributed by atoms with Gasteiger partial charge in [0.25, 0.3) is 11.5 Å². The molecule has 0 aliphatic heterocycles. The van der Waals surface area contributed by atoms with Gasteiger partial charge in [-0.1, -0.05) is 30.3 Å². The first-order valence-corrected chi connectivity index (χ1v) is 8.91. The fourth-order valence-electron chi connectivity index (χ4n) is 2.88. The minimum absolute atomic E-state index is 0.0312. The number of nitrogens with zero attached hydrogens (tertiary/aromatic N) is 2. The lowest BCUT2D eigenvalue weighted by Gasteiger charge is -2.11. The van der Waals surface area contributed by atoms with Crippen molar-refractivity contribution >= 4 is 28.5 Å². The van der Waals surface area contributed by atoms with Crippen LogP contribution < -0.4 is 10.9 Å². The molecule has 0 radical (unpaired) electrons. The van der Waals surface area contributed by atoms with Crippen LogP contribution in [0.5, 0.6) is 0 Å². The Morgan fingerprint density at radius 1 is 1.07 bits per heavy atom. The van der Waals surface area contributed by atoms with Gasteiger partial charge in [-0.15, -0.1) is 0 Å². The molecular formula is C21H21N3O4. The molecule has 2 aromatic carbocycles. The summed E-state index contributed by atoms with van der Waals surface area (Å²) in [5.41, 5.74) is 2.98. The molecule has 0 fully saturated rings. The average Bonchev–Trinajstić information content (AvgIpc) is 2.69. The van der Waals surface area contributed by atoms with E-state index >= 15 is 0 Å². The molecule has 0 atom stereocenters. The monoisotopic (exact) mass is 379 g/mol. The van der Waals surface area contributed by atoms with E-state index in [1.165, 1.54) is 10.9 Å². The van der Waals surface area contributed by atoms with E-state index in [2.05, 4.69) is 10.3 Å². The molecule has 0 bridgehead atoms. The Hall–Kier alpha value is -3.48. The fourth-order valence-corrected chi connectivity index (χ4v) is 2.88. The van der Waals surface area contributed by atoms with E-state index in [4.69, 9.17) is 4.74 Å². The van der Waals surface area contributed by atoms with Crippen LogP contribution in [0.3, 0.4) is 0 Å². The SMILES string of the molecule is Cc1cccc(C)c1NC(=O)COC(=O)CCn1cnc2ccccc2c1=O. The van der Waals surface area contributed by atoms with Crippen molar-refractivity contribution in [1.29, 1.82) is 0 Å². The van der Waals surface area contributed by atoms with E-state index in [0.29, 0.717) is 10.9 Å². The second-order valence-corrected chi connectivity index (χ2v) is 6.49. The molecule has 7 heteroatoms.